The van der Waals surface area contributed by atoms with E-state index in [4.69, 9.17) is 27.6 Å². The first kappa shape index (κ1) is 16.3. The molecule has 0 radical (unpaired) electrons. The molecule has 0 saturated carbocycles. The number of carbonyl (C=O) groups is 1. The number of halogens is 2. The Kier molecular flexibility index (Phi) is 4.98. The van der Waals surface area contributed by atoms with Gasteiger partial charge in [0.1, 0.15) is 5.76 Å². The molecule has 0 bridgehead atoms. The zero-order valence-electron chi connectivity index (χ0n) is 12.3. The lowest BCUT2D eigenvalue weighted by Gasteiger charge is -2.07. The molecule has 0 atom stereocenters. The molecule has 0 aliphatic rings. The molecule has 6 nitrogen and oxygen atoms in total. The molecule has 0 aliphatic heterocycles. The highest BCUT2D eigenvalue weighted by Crippen LogP contribution is 2.25. The van der Waals surface area contributed by atoms with Crippen molar-refractivity contribution in [1.82, 2.24) is 9.97 Å². The van der Waals surface area contributed by atoms with Crippen LogP contribution < -0.4 is 10.6 Å². The number of hydrogen-bond donors (Lipinski definition) is 2. The largest absolute Gasteiger partial charge is 0.467 e. The zero-order valence-corrected chi connectivity index (χ0v) is 13.8. The Labute approximate surface area is 147 Å². The van der Waals surface area contributed by atoms with Crippen molar-refractivity contribution in [3.05, 3.63) is 70.4 Å². The highest BCUT2D eigenvalue weighted by Gasteiger charge is 2.09. The van der Waals surface area contributed by atoms with Gasteiger partial charge in [-0.1, -0.05) is 23.2 Å². The molecule has 0 spiro atoms. The molecule has 0 saturated heterocycles. The van der Waals surface area contributed by atoms with Crippen LogP contribution in [0.2, 0.25) is 10.0 Å². The third kappa shape index (κ3) is 4.04. The maximum Gasteiger partial charge on any atom is 0.258 e. The topological polar surface area (TPSA) is 80.0 Å². The van der Waals surface area contributed by atoms with Crippen LogP contribution in [0.25, 0.3) is 0 Å². The molecule has 8 heteroatoms. The average molecular weight is 363 g/mol. The summed E-state index contributed by atoms with van der Waals surface area (Å²) in [6, 6.07) is 8.48. The second-order valence-corrected chi connectivity index (χ2v) is 5.63. The number of benzene rings is 1. The van der Waals surface area contributed by atoms with Gasteiger partial charge in [0, 0.05) is 18.1 Å². The quantitative estimate of drug-likeness (QED) is 0.709. The summed E-state index contributed by atoms with van der Waals surface area (Å²) in [6.07, 6.45) is 4.46. The number of hydrogen-bond acceptors (Lipinski definition) is 5. The van der Waals surface area contributed by atoms with Crippen LogP contribution in [0.15, 0.2) is 53.4 Å². The minimum absolute atomic E-state index is 0.324. The van der Waals surface area contributed by atoms with Gasteiger partial charge in [0.2, 0.25) is 5.95 Å². The van der Waals surface area contributed by atoms with E-state index in [1.807, 2.05) is 6.07 Å². The molecule has 2 aromatic heterocycles. The molecular weight excluding hydrogens is 351 g/mol. The van der Waals surface area contributed by atoms with Crippen molar-refractivity contribution in [3.63, 3.8) is 0 Å². The second-order valence-electron chi connectivity index (χ2n) is 4.81. The number of nitrogens with one attached hydrogen (secondary N) is 2. The molecule has 3 rings (SSSR count). The molecule has 0 aliphatic carbocycles. The summed E-state index contributed by atoms with van der Waals surface area (Å²) in [6.45, 7) is 0.460. The minimum Gasteiger partial charge on any atom is -0.467 e. The van der Waals surface area contributed by atoms with Crippen LogP contribution in [0.3, 0.4) is 0 Å². The number of carbonyl (C=O) groups excluding carboxylic acids is 1. The van der Waals surface area contributed by atoms with E-state index < -0.39 is 0 Å². The fraction of sp³-hybridized carbons (Fsp3) is 0.0625. The Bertz CT molecular complexity index is 836. The van der Waals surface area contributed by atoms with E-state index in [9.17, 15) is 4.79 Å². The Morgan fingerprint density at radius 3 is 2.58 bits per heavy atom. The molecule has 3 aromatic rings. The monoisotopic (exact) mass is 362 g/mol. The van der Waals surface area contributed by atoms with Crippen molar-refractivity contribution in [1.29, 1.82) is 0 Å². The maximum absolute atomic E-state index is 12.2. The molecular formula is C16H12Cl2N4O2. The van der Waals surface area contributed by atoms with Gasteiger partial charge >= 0.3 is 0 Å². The molecule has 0 fully saturated rings. The second kappa shape index (κ2) is 7.33. The summed E-state index contributed by atoms with van der Waals surface area (Å²) in [5.74, 6) is 0.823. The third-order valence-corrected chi connectivity index (χ3v) is 3.83. The van der Waals surface area contributed by atoms with E-state index in [1.54, 1.807) is 30.5 Å². The number of aromatic nitrogens is 2. The number of furan rings is 1. The molecule has 24 heavy (non-hydrogen) atoms. The standard InChI is InChI=1S/C16H12Cl2N4O2/c17-13-4-3-11(6-14(13)18)22-15(23)10-7-19-16(20-8-10)21-9-12-2-1-5-24-12/h1-8H,9H2,(H,22,23)(H,19,20,21). The van der Waals surface area contributed by atoms with Crippen LogP contribution in [0.5, 0.6) is 0 Å². The lowest BCUT2D eigenvalue weighted by Crippen LogP contribution is -2.13. The minimum atomic E-state index is -0.342. The first-order valence-corrected chi connectivity index (χ1v) is 7.72. The van der Waals surface area contributed by atoms with Crippen molar-refractivity contribution >= 4 is 40.7 Å². The summed E-state index contributed by atoms with van der Waals surface area (Å²) in [4.78, 5) is 20.4. The first-order chi connectivity index (χ1) is 11.6. The van der Waals surface area contributed by atoms with Gasteiger partial charge in [-0.25, -0.2) is 9.97 Å². The Balaban J connectivity index is 1.61. The third-order valence-electron chi connectivity index (χ3n) is 3.09. The Morgan fingerprint density at radius 1 is 1.12 bits per heavy atom. The van der Waals surface area contributed by atoms with E-state index in [2.05, 4.69) is 20.6 Å². The van der Waals surface area contributed by atoms with E-state index in [-0.39, 0.29) is 5.91 Å². The summed E-state index contributed by atoms with van der Waals surface area (Å²) in [5.41, 5.74) is 0.860. The van der Waals surface area contributed by atoms with Gasteiger partial charge in [0.25, 0.3) is 5.91 Å². The lowest BCUT2D eigenvalue weighted by atomic mass is 10.3. The summed E-state index contributed by atoms with van der Waals surface area (Å²) < 4.78 is 5.20. The van der Waals surface area contributed by atoms with Crippen molar-refractivity contribution in [3.8, 4) is 0 Å². The predicted octanol–water partition coefficient (Wildman–Crippen LogP) is 4.24. The van der Waals surface area contributed by atoms with Crippen LogP contribution in [0.4, 0.5) is 11.6 Å². The van der Waals surface area contributed by atoms with Crippen molar-refractivity contribution in [2.45, 2.75) is 6.54 Å². The first-order valence-electron chi connectivity index (χ1n) is 6.96. The van der Waals surface area contributed by atoms with Crippen molar-refractivity contribution in [2.24, 2.45) is 0 Å². The van der Waals surface area contributed by atoms with Gasteiger partial charge in [0.15, 0.2) is 0 Å². The van der Waals surface area contributed by atoms with Gasteiger partial charge < -0.3 is 15.1 Å². The summed E-state index contributed by atoms with van der Waals surface area (Å²) in [5, 5.41) is 6.48. The summed E-state index contributed by atoms with van der Waals surface area (Å²) in [7, 11) is 0. The predicted molar refractivity (Wildman–Crippen MR) is 92.5 cm³/mol. The highest BCUT2D eigenvalue weighted by atomic mass is 35.5. The molecule has 1 aromatic carbocycles. The summed E-state index contributed by atoms with van der Waals surface area (Å²) >= 11 is 11.8. The van der Waals surface area contributed by atoms with Gasteiger partial charge in [0.05, 0.1) is 28.4 Å². The highest BCUT2D eigenvalue weighted by molar-refractivity contribution is 6.42. The molecule has 2 N–H and O–H groups in total. The van der Waals surface area contributed by atoms with Crippen LogP contribution in [0, 0.1) is 0 Å². The molecule has 2 heterocycles. The Morgan fingerprint density at radius 2 is 1.92 bits per heavy atom. The maximum atomic E-state index is 12.2. The van der Waals surface area contributed by atoms with Crippen LogP contribution in [0.1, 0.15) is 16.1 Å². The van der Waals surface area contributed by atoms with Gasteiger partial charge in [-0.2, -0.15) is 0 Å². The molecule has 1 amide bonds. The van der Waals surface area contributed by atoms with Gasteiger partial charge in [-0.05, 0) is 30.3 Å². The molecule has 0 unspecified atom stereocenters. The molecule has 122 valence electrons. The van der Waals surface area contributed by atoms with E-state index in [0.29, 0.717) is 33.8 Å². The number of rotatable bonds is 5. The number of amides is 1. The average Bonchev–Trinajstić information content (AvgIpc) is 3.10. The van der Waals surface area contributed by atoms with Crippen LogP contribution in [-0.4, -0.2) is 15.9 Å². The van der Waals surface area contributed by atoms with Crippen LogP contribution >= 0.6 is 23.2 Å². The lowest BCUT2D eigenvalue weighted by molar-refractivity contribution is 0.102. The fourth-order valence-electron chi connectivity index (χ4n) is 1.89. The smallest absolute Gasteiger partial charge is 0.258 e. The number of nitrogens with zero attached hydrogens (tertiary/aromatic N) is 2. The zero-order chi connectivity index (χ0) is 16.9. The number of anilines is 2. The van der Waals surface area contributed by atoms with Gasteiger partial charge in [-0.3, -0.25) is 4.79 Å². The normalized spacial score (nSPS) is 10.4. The van der Waals surface area contributed by atoms with Crippen LogP contribution in [-0.2, 0) is 6.54 Å². The van der Waals surface area contributed by atoms with E-state index in [0.717, 1.165) is 5.76 Å². The SMILES string of the molecule is O=C(Nc1ccc(Cl)c(Cl)c1)c1cnc(NCc2ccco2)nc1. The van der Waals surface area contributed by atoms with Crippen molar-refractivity contribution < 1.29 is 9.21 Å². The Hall–Kier alpha value is -2.57. The van der Waals surface area contributed by atoms with Crippen molar-refractivity contribution in [2.75, 3.05) is 10.6 Å². The fourth-order valence-corrected chi connectivity index (χ4v) is 2.19. The van der Waals surface area contributed by atoms with Gasteiger partial charge in [-0.15, -0.1) is 0 Å². The van der Waals surface area contributed by atoms with E-state index in [1.165, 1.54) is 12.4 Å². The van der Waals surface area contributed by atoms with E-state index >= 15 is 0 Å².